The van der Waals surface area contributed by atoms with Crippen LogP contribution in [0.1, 0.15) is 11.5 Å². The summed E-state index contributed by atoms with van der Waals surface area (Å²) in [5.74, 6) is 0.591. The number of hydrogen-bond donors (Lipinski definition) is 1. The van der Waals surface area contributed by atoms with E-state index >= 15 is 0 Å². The number of hydrogen-bond acceptors (Lipinski definition) is 3. The zero-order valence-electron chi connectivity index (χ0n) is 13.8. The molecule has 0 aromatic heterocycles. The molecule has 2 N–H and O–H groups in total. The topological polar surface area (TPSA) is 55.6 Å². The van der Waals surface area contributed by atoms with Crippen molar-refractivity contribution in [2.24, 2.45) is 11.7 Å². The van der Waals surface area contributed by atoms with Crippen molar-refractivity contribution in [1.29, 1.82) is 0 Å². The van der Waals surface area contributed by atoms with Crippen LogP contribution in [0.25, 0.3) is 0 Å². The molecule has 0 radical (unpaired) electrons. The first-order valence-corrected chi connectivity index (χ1v) is 8.08. The molecule has 1 amide bonds. The zero-order chi connectivity index (χ0) is 16.9. The summed E-state index contributed by atoms with van der Waals surface area (Å²) >= 11 is 0. The highest BCUT2D eigenvalue weighted by atomic mass is 35.5. The van der Waals surface area contributed by atoms with Crippen LogP contribution in [0.15, 0.2) is 54.6 Å². The van der Waals surface area contributed by atoms with Crippen LogP contribution >= 0.6 is 12.4 Å². The van der Waals surface area contributed by atoms with Gasteiger partial charge in [-0.2, -0.15) is 0 Å². The minimum Gasteiger partial charge on any atom is -0.484 e. The highest BCUT2D eigenvalue weighted by Gasteiger charge is 2.35. The van der Waals surface area contributed by atoms with E-state index in [1.807, 2.05) is 18.2 Å². The molecular weight excluding hydrogens is 343 g/mol. The van der Waals surface area contributed by atoms with Crippen molar-refractivity contribution < 1.29 is 13.9 Å². The molecule has 1 heterocycles. The minimum atomic E-state index is -0.329. The number of nitrogens with two attached hydrogens (primary N) is 1. The van der Waals surface area contributed by atoms with Gasteiger partial charge in [0.25, 0.3) is 5.91 Å². The Labute approximate surface area is 153 Å². The minimum absolute atomic E-state index is 0. The lowest BCUT2D eigenvalue weighted by Crippen LogP contribution is -2.33. The highest BCUT2D eigenvalue weighted by Crippen LogP contribution is 2.32. The molecule has 2 aromatic rings. The van der Waals surface area contributed by atoms with Crippen molar-refractivity contribution in [2.75, 3.05) is 26.2 Å². The third-order valence-corrected chi connectivity index (χ3v) is 4.50. The second kappa shape index (κ2) is 8.83. The van der Waals surface area contributed by atoms with Gasteiger partial charge in [-0.05, 0) is 42.3 Å². The summed E-state index contributed by atoms with van der Waals surface area (Å²) < 4.78 is 18.3. The van der Waals surface area contributed by atoms with Gasteiger partial charge in [-0.1, -0.05) is 30.3 Å². The molecule has 1 fully saturated rings. The van der Waals surface area contributed by atoms with Gasteiger partial charge in [0.05, 0.1) is 0 Å². The molecule has 4 nitrogen and oxygen atoms in total. The van der Waals surface area contributed by atoms with Crippen molar-refractivity contribution >= 4 is 18.3 Å². The highest BCUT2D eigenvalue weighted by molar-refractivity contribution is 5.85. The SMILES string of the molecule is Cl.NC[C@@H]1CN(C(=O)COc2ccc(F)cc2)C[C@H]1c1ccccc1. The van der Waals surface area contributed by atoms with Gasteiger partial charge >= 0.3 is 0 Å². The van der Waals surface area contributed by atoms with Gasteiger partial charge in [0, 0.05) is 19.0 Å². The summed E-state index contributed by atoms with van der Waals surface area (Å²) in [5, 5.41) is 0. The van der Waals surface area contributed by atoms with E-state index in [0.29, 0.717) is 25.4 Å². The first kappa shape index (κ1) is 19.2. The Hall–Kier alpha value is -2.11. The fourth-order valence-corrected chi connectivity index (χ4v) is 3.16. The first-order valence-electron chi connectivity index (χ1n) is 8.08. The molecule has 134 valence electrons. The second-order valence-corrected chi connectivity index (χ2v) is 6.05. The number of carbonyl (C=O) groups excluding carboxylic acids is 1. The van der Waals surface area contributed by atoms with Crippen molar-refractivity contribution in [1.82, 2.24) is 4.90 Å². The predicted octanol–water partition coefficient (Wildman–Crippen LogP) is 2.83. The van der Waals surface area contributed by atoms with Gasteiger partial charge < -0.3 is 15.4 Å². The maximum Gasteiger partial charge on any atom is 0.260 e. The Bertz CT molecular complexity index is 682. The van der Waals surface area contributed by atoms with Gasteiger partial charge in [-0.15, -0.1) is 12.4 Å². The molecule has 3 rings (SSSR count). The number of carbonyl (C=O) groups is 1. The van der Waals surface area contributed by atoms with Crippen molar-refractivity contribution in [2.45, 2.75) is 5.92 Å². The predicted molar refractivity (Wildman–Crippen MR) is 97.5 cm³/mol. The third-order valence-electron chi connectivity index (χ3n) is 4.50. The molecule has 1 aliphatic heterocycles. The first-order chi connectivity index (χ1) is 11.7. The van der Waals surface area contributed by atoms with Gasteiger partial charge in [0.1, 0.15) is 11.6 Å². The number of nitrogens with zero attached hydrogens (tertiary/aromatic N) is 1. The molecule has 2 aromatic carbocycles. The lowest BCUT2D eigenvalue weighted by atomic mass is 9.89. The molecular formula is C19H22ClFN2O2. The molecule has 25 heavy (non-hydrogen) atoms. The summed E-state index contributed by atoms with van der Waals surface area (Å²) in [5.41, 5.74) is 7.11. The van der Waals surface area contributed by atoms with Crippen LogP contribution in [0.2, 0.25) is 0 Å². The van der Waals surface area contributed by atoms with Crippen LogP contribution in [0.4, 0.5) is 4.39 Å². The Kier molecular flexibility index (Phi) is 6.79. The number of benzene rings is 2. The average Bonchev–Trinajstić information content (AvgIpc) is 3.06. The van der Waals surface area contributed by atoms with Crippen molar-refractivity contribution in [3.8, 4) is 5.75 Å². The number of likely N-dealkylation sites (tertiary alicyclic amines) is 1. The average molecular weight is 365 g/mol. The summed E-state index contributed by atoms with van der Waals surface area (Å²) in [6.45, 7) is 1.78. The smallest absolute Gasteiger partial charge is 0.260 e. The van der Waals surface area contributed by atoms with Gasteiger partial charge in [0.15, 0.2) is 6.61 Å². The van der Waals surface area contributed by atoms with Gasteiger partial charge in [0.2, 0.25) is 0 Å². The van der Waals surface area contributed by atoms with Crippen LogP contribution < -0.4 is 10.5 Å². The Morgan fingerprint density at radius 3 is 2.44 bits per heavy atom. The van der Waals surface area contributed by atoms with E-state index in [1.165, 1.54) is 29.8 Å². The van der Waals surface area contributed by atoms with Crippen LogP contribution in [0.3, 0.4) is 0 Å². The summed E-state index contributed by atoms with van der Waals surface area (Å²) in [6.07, 6.45) is 0. The number of halogens is 2. The molecule has 2 atom stereocenters. The van der Waals surface area contributed by atoms with Crippen molar-refractivity contribution in [3.05, 3.63) is 66.0 Å². The maximum atomic E-state index is 12.9. The standard InChI is InChI=1S/C19H21FN2O2.ClH/c20-16-6-8-17(9-7-16)24-13-19(23)22-11-15(10-21)18(12-22)14-4-2-1-3-5-14;/h1-9,15,18H,10-13,21H2;1H/t15-,18+;/m1./s1. The molecule has 0 spiro atoms. The fraction of sp³-hybridized carbons (Fsp3) is 0.316. The molecule has 0 saturated carbocycles. The quantitative estimate of drug-likeness (QED) is 0.887. The molecule has 0 bridgehead atoms. The number of ether oxygens (including phenoxy) is 1. The monoisotopic (exact) mass is 364 g/mol. The van der Waals surface area contributed by atoms with E-state index < -0.39 is 0 Å². The maximum absolute atomic E-state index is 12.9. The molecule has 1 aliphatic rings. The van der Waals surface area contributed by atoms with Crippen molar-refractivity contribution in [3.63, 3.8) is 0 Å². The summed E-state index contributed by atoms with van der Waals surface area (Å²) in [7, 11) is 0. The normalized spacial score (nSPS) is 19.4. The molecule has 6 heteroatoms. The fourth-order valence-electron chi connectivity index (χ4n) is 3.16. The van der Waals surface area contributed by atoms with Gasteiger partial charge in [-0.25, -0.2) is 4.39 Å². The lowest BCUT2D eigenvalue weighted by Gasteiger charge is -2.17. The third kappa shape index (κ3) is 4.71. The van der Waals surface area contributed by atoms with Crippen LogP contribution in [0.5, 0.6) is 5.75 Å². The van der Waals surface area contributed by atoms with Crippen LogP contribution in [0, 0.1) is 11.7 Å². The van der Waals surface area contributed by atoms with Crippen LogP contribution in [-0.2, 0) is 4.79 Å². The Balaban J connectivity index is 0.00000225. The summed E-state index contributed by atoms with van der Waals surface area (Å²) in [4.78, 5) is 14.2. The van der Waals surface area contributed by atoms with E-state index in [-0.39, 0.29) is 42.6 Å². The largest absolute Gasteiger partial charge is 0.484 e. The van der Waals surface area contributed by atoms with E-state index in [9.17, 15) is 9.18 Å². The molecule has 0 aliphatic carbocycles. The van der Waals surface area contributed by atoms with E-state index in [0.717, 1.165) is 0 Å². The summed E-state index contributed by atoms with van der Waals surface area (Å²) in [6, 6.07) is 15.8. The molecule has 0 unspecified atom stereocenters. The number of rotatable bonds is 5. The van der Waals surface area contributed by atoms with Gasteiger partial charge in [-0.3, -0.25) is 4.79 Å². The Morgan fingerprint density at radius 1 is 1.12 bits per heavy atom. The lowest BCUT2D eigenvalue weighted by molar-refractivity contribution is -0.132. The van der Waals surface area contributed by atoms with Crippen LogP contribution in [-0.4, -0.2) is 37.0 Å². The second-order valence-electron chi connectivity index (χ2n) is 6.05. The molecule has 1 saturated heterocycles. The van der Waals surface area contributed by atoms with E-state index in [4.69, 9.17) is 10.5 Å². The number of amides is 1. The van der Waals surface area contributed by atoms with E-state index in [1.54, 1.807) is 4.90 Å². The van der Waals surface area contributed by atoms with E-state index in [2.05, 4.69) is 12.1 Å². The Morgan fingerprint density at radius 2 is 1.80 bits per heavy atom. The zero-order valence-corrected chi connectivity index (χ0v) is 14.6.